The molecule has 0 aliphatic carbocycles. The van der Waals surface area contributed by atoms with Gasteiger partial charge in [-0.2, -0.15) is 0 Å². The highest BCUT2D eigenvalue weighted by atomic mass is 16.5. The van der Waals surface area contributed by atoms with E-state index >= 15 is 0 Å². The standard InChI is InChI=1S/C25H29N3O6/c1-16(2)34-22-20-14-18(17-4-6-19(32-3)7-5-17)15-26-23(20)28(24(29)21(22)25(30)31)9-8-27-10-12-33-13-11-27/h4-7,14-16H,8-13H2,1-3H3,(H,30,31). The maximum atomic E-state index is 13.3. The number of ether oxygens (including phenoxy) is 3. The third kappa shape index (κ3) is 4.90. The Morgan fingerprint density at radius 2 is 1.85 bits per heavy atom. The Kier molecular flexibility index (Phi) is 7.14. The van der Waals surface area contributed by atoms with E-state index in [4.69, 9.17) is 14.2 Å². The molecule has 2 aromatic heterocycles. The number of rotatable bonds is 8. The number of methoxy groups -OCH3 is 1. The highest BCUT2D eigenvalue weighted by Gasteiger charge is 2.25. The van der Waals surface area contributed by atoms with Gasteiger partial charge in [-0.3, -0.25) is 14.3 Å². The van der Waals surface area contributed by atoms with E-state index in [1.165, 1.54) is 4.57 Å². The molecule has 1 aliphatic rings. The van der Waals surface area contributed by atoms with Crippen LogP contribution in [0.3, 0.4) is 0 Å². The van der Waals surface area contributed by atoms with E-state index in [2.05, 4.69) is 9.88 Å². The zero-order valence-corrected chi connectivity index (χ0v) is 19.6. The van der Waals surface area contributed by atoms with E-state index in [9.17, 15) is 14.7 Å². The van der Waals surface area contributed by atoms with Crippen LogP contribution in [0.5, 0.6) is 11.5 Å². The lowest BCUT2D eigenvalue weighted by molar-refractivity contribution is 0.0364. The lowest BCUT2D eigenvalue weighted by Gasteiger charge is -2.27. The maximum absolute atomic E-state index is 13.3. The van der Waals surface area contributed by atoms with Crippen LogP contribution >= 0.6 is 0 Å². The van der Waals surface area contributed by atoms with E-state index < -0.39 is 11.5 Å². The smallest absolute Gasteiger partial charge is 0.345 e. The number of aromatic carboxylic acids is 1. The van der Waals surface area contributed by atoms with Crippen molar-refractivity contribution < 1.29 is 24.1 Å². The largest absolute Gasteiger partial charge is 0.497 e. The second-order valence-electron chi connectivity index (χ2n) is 8.41. The fraction of sp³-hybridized carbons (Fsp3) is 0.400. The molecule has 34 heavy (non-hydrogen) atoms. The molecule has 0 atom stereocenters. The van der Waals surface area contributed by atoms with Gasteiger partial charge >= 0.3 is 5.97 Å². The van der Waals surface area contributed by atoms with Crippen LogP contribution in [-0.2, 0) is 11.3 Å². The Morgan fingerprint density at radius 3 is 2.47 bits per heavy atom. The molecule has 0 radical (unpaired) electrons. The molecule has 9 heteroatoms. The Labute approximate surface area is 197 Å². The number of carboxylic acids is 1. The second kappa shape index (κ2) is 10.2. The van der Waals surface area contributed by atoms with Crippen LogP contribution in [-0.4, -0.2) is 71.6 Å². The number of nitrogens with zero attached hydrogens (tertiary/aromatic N) is 3. The summed E-state index contributed by atoms with van der Waals surface area (Å²) < 4.78 is 18.0. The predicted octanol–water partition coefficient (Wildman–Crippen LogP) is 2.89. The monoisotopic (exact) mass is 467 g/mol. The molecular weight excluding hydrogens is 438 g/mol. The Morgan fingerprint density at radius 1 is 1.15 bits per heavy atom. The Hall–Kier alpha value is -3.43. The molecule has 180 valence electrons. The molecule has 3 aromatic rings. The summed E-state index contributed by atoms with van der Waals surface area (Å²) in [6.45, 7) is 7.30. The van der Waals surface area contributed by atoms with Crippen LogP contribution < -0.4 is 15.0 Å². The number of aromatic nitrogens is 2. The van der Waals surface area contributed by atoms with Gasteiger partial charge in [0.05, 0.1) is 31.8 Å². The first-order valence-electron chi connectivity index (χ1n) is 11.3. The molecule has 3 heterocycles. The molecule has 9 nitrogen and oxygen atoms in total. The molecule has 1 aromatic carbocycles. The van der Waals surface area contributed by atoms with Crippen LogP contribution in [0.4, 0.5) is 0 Å². The van der Waals surface area contributed by atoms with Gasteiger partial charge in [0.2, 0.25) is 0 Å². The van der Waals surface area contributed by atoms with Gasteiger partial charge in [-0.05, 0) is 37.6 Å². The molecule has 0 saturated carbocycles. The van der Waals surface area contributed by atoms with Gasteiger partial charge < -0.3 is 19.3 Å². The van der Waals surface area contributed by atoms with E-state index in [-0.39, 0.29) is 17.4 Å². The van der Waals surface area contributed by atoms with E-state index in [0.29, 0.717) is 37.3 Å². The summed E-state index contributed by atoms with van der Waals surface area (Å²) in [6, 6.07) is 9.32. The number of fused-ring (bicyclic) bond motifs is 1. The number of hydrogen-bond donors (Lipinski definition) is 1. The number of pyridine rings is 2. The van der Waals surface area contributed by atoms with E-state index in [1.807, 2.05) is 30.3 Å². The first kappa shape index (κ1) is 23.7. The summed E-state index contributed by atoms with van der Waals surface area (Å²) in [5.41, 5.74) is 1.06. The molecule has 1 saturated heterocycles. The highest BCUT2D eigenvalue weighted by Crippen LogP contribution is 2.32. The molecule has 1 fully saturated rings. The molecule has 1 N–H and O–H groups in total. The van der Waals surface area contributed by atoms with Crippen LogP contribution in [0.2, 0.25) is 0 Å². The minimum atomic E-state index is -1.32. The normalized spacial score (nSPS) is 14.5. The third-order valence-electron chi connectivity index (χ3n) is 5.79. The van der Waals surface area contributed by atoms with Crippen molar-refractivity contribution in [1.29, 1.82) is 0 Å². The number of carboxylic acid groups (broad SMARTS) is 1. The first-order valence-corrected chi connectivity index (χ1v) is 11.3. The van der Waals surface area contributed by atoms with E-state index in [0.717, 1.165) is 30.0 Å². The molecule has 0 bridgehead atoms. The first-order chi connectivity index (χ1) is 16.4. The van der Waals surface area contributed by atoms with Gasteiger partial charge in [-0.15, -0.1) is 0 Å². The van der Waals surface area contributed by atoms with Crippen LogP contribution in [0, 0.1) is 0 Å². The lowest BCUT2D eigenvalue weighted by Crippen LogP contribution is -2.40. The summed E-state index contributed by atoms with van der Waals surface area (Å²) in [5, 5.41) is 10.4. The summed E-state index contributed by atoms with van der Waals surface area (Å²) >= 11 is 0. The summed E-state index contributed by atoms with van der Waals surface area (Å²) in [4.78, 5) is 32.3. The summed E-state index contributed by atoms with van der Waals surface area (Å²) in [6.07, 6.45) is 1.36. The van der Waals surface area contributed by atoms with Crippen LogP contribution in [0.1, 0.15) is 24.2 Å². The second-order valence-corrected chi connectivity index (χ2v) is 8.41. The zero-order valence-electron chi connectivity index (χ0n) is 19.6. The molecule has 0 amide bonds. The lowest BCUT2D eigenvalue weighted by atomic mass is 10.0. The minimum absolute atomic E-state index is 0.0491. The minimum Gasteiger partial charge on any atom is -0.497 e. The van der Waals surface area contributed by atoms with Crippen LogP contribution in [0.25, 0.3) is 22.2 Å². The number of hydrogen-bond acceptors (Lipinski definition) is 7. The average molecular weight is 468 g/mol. The van der Waals surface area contributed by atoms with Crippen molar-refractivity contribution in [3.63, 3.8) is 0 Å². The average Bonchev–Trinajstić information content (AvgIpc) is 2.84. The third-order valence-corrected chi connectivity index (χ3v) is 5.79. The van der Waals surface area contributed by atoms with Crippen molar-refractivity contribution in [2.24, 2.45) is 0 Å². The summed E-state index contributed by atoms with van der Waals surface area (Å²) in [7, 11) is 1.60. The van der Waals surface area contributed by atoms with Crippen molar-refractivity contribution in [2.75, 3.05) is 40.0 Å². The number of morpholine rings is 1. The number of carbonyl (C=O) groups is 1. The molecule has 0 unspecified atom stereocenters. The van der Waals surface area contributed by atoms with Crippen molar-refractivity contribution in [1.82, 2.24) is 14.5 Å². The quantitative estimate of drug-likeness (QED) is 0.540. The zero-order chi connectivity index (χ0) is 24.2. The van der Waals surface area contributed by atoms with Gasteiger partial charge in [-0.1, -0.05) is 12.1 Å². The van der Waals surface area contributed by atoms with Crippen molar-refractivity contribution in [3.8, 4) is 22.6 Å². The maximum Gasteiger partial charge on any atom is 0.345 e. The van der Waals surface area contributed by atoms with E-state index in [1.54, 1.807) is 27.2 Å². The van der Waals surface area contributed by atoms with Crippen LogP contribution in [0.15, 0.2) is 41.3 Å². The molecular formula is C25H29N3O6. The fourth-order valence-electron chi connectivity index (χ4n) is 4.06. The molecule has 0 spiro atoms. The van der Waals surface area contributed by atoms with Crippen molar-refractivity contribution >= 4 is 17.0 Å². The SMILES string of the molecule is COc1ccc(-c2cnc3c(c2)c(OC(C)C)c(C(=O)O)c(=O)n3CCN2CCOCC2)cc1. The molecule has 4 rings (SSSR count). The highest BCUT2D eigenvalue weighted by molar-refractivity contribution is 5.99. The Bertz CT molecular complexity index is 1230. The van der Waals surface area contributed by atoms with Gasteiger partial charge in [0, 0.05) is 37.9 Å². The van der Waals surface area contributed by atoms with Gasteiger partial charge in [0.15, 0.2) is 11.3 Å². The fourth-order valence-corrected chi connectivity index (χ4v) is 4.06. The topological polar surface area (TPSA) is 103 Å². The Balaban J connectivity index is 1.87. The van der Waals surface area contributed by atoms with Gasteiger partial charge in [0.25, 0.3) is 5.56 Å². The van der Waals surface area contributed by atoms with Gasteiger partial charge in [-0.25, -0.2) is 9.78 Å². The molecule has 1 aliphatic heterocycles. The van der Waals surface area contributed by atoms with Crippen molar-refractivity contribution in [2.45, 2.75) is 26.5 Å². The summed E-state index contributed by atoms with van der Waals surface area (Å²) in [5.74, 6) is -0.544. The van der Waals surface area contributed by atoms with Crippen molar-refractivity contribution in [3.05, 3.63) is 52.4 Å². The van der Waals surface area contributed by atoms with Gasteiger partial charge in [0.1, 0.15) is 11.4 Å². The predicted molar refractivity (Wildman–Crippen MR) is 128 cm³/mol. The number of benzene rings is 1.